The zero-order valence-electron chi connectivity index (χ0n) is 10.2. The van der Waals surface area contributed by atoms with E-state index in [-0.39, 0.29) is 12.1 Å². The number of carbonyl (C=O) groups excluding carboxylic acids is 1. The van der Waals surface area contributed by atoms with Crippen molar-refractivity contribution in [2.75, 3.05) is 18.4 Å². The van der Waals surface area contributed by atoms with Gasteiger partial charge >= 0.3 is 6.03 Å². The number of amides is 2. The van der Waals surface area contributed by atoms with E-state index in [9.17, 15) is 4.79 Å². The van der Waals surface area contributed by atoms with Crippen molar-refractivity contribution in [1.29, 1.82) is 0 Å². The first kappa shape index (κ1) is 11.9. The molecule has 0 spiro atoms. The van der Waals surface area contributed by atoms with Gasteiger partial charge in [-0.1, -0.05) is 6.92 Å². The van der Waals surface area contributed by atoms with Gasteiger partial charge in [0.2, 0.25) is 0 Å². The largest absolute Gasteiger partial charge is 0.335 e. The van der Waals surface area contributed by atoms with E-state index in [4.69, 9.17) is 0 Å². The first-order valence-electron chi connectivity index (χ1n) is 6.02. The summed E-state index contributed by atoms with van der Waals surface area (Å²) in [5.41, 5.74) is 0. The summed E-state index contributed by atoms with van der Waals surface area (Å²) in [6.45, 7) is 5.83. The fraction of sp³-hybridized carbons (Fsp3) is 0.636. The molecule has 2 amide bonds. The van der Waals surface area contributed by atoms with Gasteiger partial charge in [0.1, 0.15) is 5.82 Å². The maximum Gasteiger partial charge on any atom is 0.320 e. The number of nitrogens with one attached hydrogen (secondary N) is 3. The lowest BCUT2D eigenvalue weighted by Gasteiger charge is -2.28. The fourth-order valence-corrected chi connectivity index (χ4v) is 1.63. The highest BCUT2D eigenvalue weighted by molar-refractivity contribution is 5.88. The Kier molecular flexibility index (Phi) is 3.63. The Hall–Kier alpha value is -1.56. The van der Waals surface area contributed by atoms with Crippen LogP contribution in [0.2, 0.25) is 0 Å². The molecule has 2 heterocycles. The molecule has 1 aliphatic rings. The van der Waals surface area contributed by atoms with E-state index in [0.717, 1.165) is 25.3 Å². The van der Waals surface area contributed by atoms with E-state index < -0.39 is 0 Å². The molecule has 1 aliphatic heterocycles. The van der Waals surface area contributed by atoms with Gasteiger partial charge in [0, 0.05) is 25.2 Å². The lowest BCUT2D eigenvalue weighted by molar-refractivity contribution is 0.248. The van der Waals surface area contributed by atoms with Crippen LogP contribution in [0.4, 0.5) is 10.6 Å². The first-order chi connectivity index (χ1) is 8.20. The summed E-state index contributed by atoms with van der Waals surface area (Å²) >= 11 is 0. The highest BCUT2D eigenvalue weighted by atomic mass is 16.2. The van der Waals surface area contributed by atoms with Gasteiger partial charge in [0.15, 0.2) is 0 Å². The summed E-state index contributed by atoms with van der Waals surface area (Å²) in [5.74, 6) is 0.748. The quantitative estimate of drug-likeness (QED) is 0.730. The average molecular weight is 237 g/mol. The molecule has 0 bridgehead atoms. The maximum atomic E-state index is 11.7. The smallest absolute Gasteiger partial charge is 0.320 e. The predicted octanol–water partition coefficient (Wildman–Crippen LogP) is 0.947. The molecular weight excluding hydrogens is 218 g/mol. The summed E-state index contributed by atoms with van der Waals surface area (Å²) in [5, 5.41) is 13.1. The molecule has 1 saturated heterocycles. The van der Waals surface area contributed by atoms with Gasteiger partial charge in [0.25, 0.3) is 0 Å². The predicted molar refractivity (Wildman–Crippen MR) is 66.0 cm³/mol. The molecule has 1 aromatic rings. The summed E-state index contributed by atoms with van der Waals surface area (Å²) in [6.07, 6.45) is 2.62. The van der Waals surface area contributed by atoms with Crippen LogP contribution >= 0.6 is 0 Å². The minimum atomic E-state index is -0.173. The third-order valence-corrected chi connectivity index (χ3v) is 3.01. The molecule has 94 valence electrons. The molecule has 3 N–H and O–H groups in total. The minimum absolute atomic E-state index is 0.173. The van der Waals surface area contributed by atoms with Crippen LogP contribution in [-0.2, 0) is 0 Å². The molecular formula is C11H19N5O. The van der Waals surface area contributed by atoms with Crippen molar-refractivity contribution in [3.8, 4) is 0 Å². The van der Waals surface area contributed by atoms with E-state index in [0.29, 0.717) is 6.04 Å². The van der Waals surface area contributed by atoms with Gasteiger partial charge in [-0.05, 0) is 13.3 Å². The Labute approximate surface area is 101 Å². The minimum Gasteiger partial charge on any atom is -0.335 e. The highest BCUT2D eigenvalue weighted by Gasteiger charge is 2.22. The zero-order valence-corrected chi connectivity index (χ0v) is 10.2. The standard InChI is InChI=1S/C11H19N5O/c1-3-8(2)14-11(17)15-10-4-5-13-16(10)9-6-12-7-9/h4-5,8-9,12H,3,6-7H2,1-2H3,(H2,14,15,17). The molecule has 0 radical (unpaired) electrons. The van der Waals surface area contributed by atoms with Crippen molar-refractivity contribution < 1.29 is 4.79 Å². The van der Waals surface area contributed by atoms with Crippen molar-refractivity contribution in [3.63, 3.8) is 0 Å². The topological polar surface area (TPSA) is 71.0 Å². The summed E-state index contributed by atoms with van der Waals surface area (Å²) in [6, 6.07) is 2.17. The van der Waals surface area contributed by atoms with E-state index in [1.165, 1.54) is 0 Å². The number of rotatable bonds is 4. The van der Waals surface area contributed by atoms with E-state index in [2.05, 4.69) is 21.0 Å². The second kappa shape index (κ2) is 5.18. The lowest BCUT2D eigenvalue weighted by Crippen LogP contribution is -2.44. The average Bonchev–Trinajstić information content (AvgIpc) is 2.63. The van der Waals surface area contributed by atoms with Gasteiger partial charge in [-0.15, -0.1) is 0 Å². The number of hydrogen-bond donors (Lipinski definition) is 3. The molecule has 0 saturated carbocycles. The van der Waals surface area contributed by atoms with E-state index in [1.807, 2.05) is 24.6 Å². The number of anilines is 1. The van der Waals surface area contributed by atoms with Crippen LogP contribution in [0.1, 0.15) is 26.3 Å². The molecule has 6 heteroatoms. The number of aromatic nitrogens is 2. The molecule has 1 aromatic heterocycles. The van der Waals surface area contributed by atoms with Gasteiger partial charge in [-0.25, -0.2) is 9.48 Å². The SMILES string of the molecule is CCC(C)NC(=O)Nc1ccnn1C1CNC1. The van der Waals surface area contributed by atoms with Crippen molar-refractivity contribution in [2.45, 2.75) is 32.4 Å². The molecule has 2 rings (SSSR count). The maximum absolute atomic E-state index is 11.7. The molecule has 0 aromatic carbocycles. The van der Waals surface area contributed by atoms with Gasteiger partial charge < -0.3 is 10.6 Å². The number of nitrogens with zero attached hydrogens (tertiary/aromatic N) is 2. The van der Waals surface area contributed by atoms with Crippen molar-refractivity contribution in [2.24, 2.45) is 0 Å². The van der Waals surface area contributed by atoms with Gasteiger partial charge in [-0.3, -0.25) is 5.32 Å². The molecule has 17 heavy (non-hydrogen) atoms. The number of carbonyl (C=O) groups is 1. The van der Waals surface area contributed by atoms with E-state index >= 15 is 0 Å². The van der Waals surface area contributed by atoms with Crippen LogP contribution in [-0.4, -0.2) is 34.9 Å². The second-order valence-electron chi connectivity index (χ2n) is 4.38. The second-order valence-corrected chi connectivity index (χ2v) is 4.38. The number of urea groups is 1. The van der Waals surface area contributed by atoms with Crippen LogP contribution < -0.4 is 16.0 Å². The summed E-state index contributed by atoms with van der Waals surface area (Å²) in [7, 11) is 0. The molecule has 1 atom stereocenters. The Morgan fingerprint density at radius 2 is 2.47 bits per heavy atom. The highest BCUT2D eigenvalue weighted by Crippen LogP contribution is 2.17. The van der Waals surface area contributed by atoms with E-state index in [1.54, 1.807) is 6.20 Å². The fourth-order valence-electron chi connectivity index (χ4n) is 1.63. The lowest BCUT2D eigenvalue weighted by atomic mass is 10.2. The Bertz CT molecular complexity index is 385. The van der Waals surface area contributed by atoms with Gasteiger partial charge in [-0.2, -0.15) is 5.10 Å². The first-order valence-corrected chi connectivity index (χ1v) is 6.02. The van der Waals surface area contributed by atoms with Crippen LogP contribution in [0.5, 0.6) is 0 Å². The third kappa shape index (κ3) is 2.76. The molecule has 6 nitrogen and oxygen atoms in total. The Morgan fingerprint density at radius 1 is 1.71 bits per heavy atom. The Balaban J connectivity index is 1.93. The van der Waals surface area contributed by atoms with Crippen LogP contribution in [0.3, 0.4) is 0 Å². The third-order valence-electron chi connectivity index (χ3n) is 3.01. The number of hydrogen-bond acceptors (Lipinski definition) is 3. The van der Waals surface area contributed by atoms with Crippen LogP contribution in [0.15, 0.2) is 12.3 Å². The summed E-state index contributed by atoms with van der Waals surface area (Å²) in [4.78, 5) is 11.7. The van der Waals surface area contributed by atoms with Gasteiger partial charge in [0.05, 0.1) is 12.2 Å². The van der Waals surface area contributed by atoms with Crippen LogP contribution in [0, 0.1) is 0 Å². The molecule has 1 fully saturated rings. The normalized spacial score (nSPS) is 17.3. The van der Waals surface area contributed by atoms with Crippen molar-refractivity contribution in [1.82, 2.24) is 20.4 Å². The molecule has 0 aliphatic carbocycles. The van der Waals surface area contributed by atoms with Crippen LogP contribution in [0.25, 0.3) is 0 Å². The van der Waals surface area contributed by atoms with Crippen molar-refractivity contribution >= 4 is 11.8 Å². The monoisotopic (exact) mass is 237 g/mol. The molecule has 1 unspecified atom stereocenters. The van der Waals surface area contributed by atoms with Crippen molar-refractivity contribution in [3.05, 3.63) is 12.3 Å². The Morgan fingerprint density at radius 3 is 3.06 bits per heavy atom. The zero-order chi connectivity index (χ0) is 12.3. The summed E-state index contributed by atoms with van der Waals surface area (Å²) < 4.78 is 1.85.